The number of hydrogen-bond acceptors (Lipinski definition) is 7. The number of benzene rings is 1. The summed E-state index contributed by atoms with van der Waals surface area (Å²) in [7, 11) is 0. The van der Waals surface area contributed by atoms with E-state index >= 15 is 0 Å². The molecule has 1 N–H and O–H groups in total. The first-order valence-electron chi connectivity index (χ1n) is 6.69. The number of rotatable bonds is 6. The Morgan fingerprint density at radius 2 is 2.12 bits per heavy atom. The van der Waals surface area contributed by atoms with Crippen molar-refractivity contribution in [3.63, 3.8) is 0 Å². The quantitative estimate of drug-likeness (QED) is 0.539. The van der Waals surface area contributed by atoms with Crippen LogP contribution in [-0.2, 0) is 6.61 Å². The molecule has 0 radical (unpaired) electrons. The van der Waals surface area contributed by atoms with Gasteiger partial charge >= 0.3 is 0 Å². The fraction of sp³-hybridized carbons (Fsp3) is 0.0714. The standard InChI is InChI=1S/C14H10FN5O3S/c15-10-3-1-2-4-11(10)23-8-12-17-14(19-18-12)24-13-6-5-9(7-16-13)20(21)22/h1-7H,8H2,(H,17,18,19). The second-order valence-corrected chi connectivity index (χ2v) is 5.49. The maximum atomic E-state index is 13.4. The van der Waals surface area contributed by atoms with E-state index in [1.165, 1.54) is 24.3 Å². The third-order valence-corrected chi connectivity index (χ3v) is 3.66. The molecule has 24 heavy (non-hydrogen) atoms. The third kappa shape index (κ3) is 3.84. The van der Waals surface area contributed by atoms with Crippen LogP contribution in [0.5, 0.6) is 5.75 Å². The van der Waals surface area contributed by atoms with Crippen LogP contribution in [0.25, 0.3) is 0 Å². The second-order valence-electron chi connectivity index (χ2n) is 4.50. The molecule has 3 rings (SSSR count). The summed E-state index contributed by atoms with van der Waals surface area (Å²) in [6, 6.07) is 8.92. The summed E-state index contributed by atoms with van der Waals surface area (Å²) in [5.74, 6) is 0.0875. The van der Waals surface area contributed by atoms with Gasteiger partial charge < -0.3 is 4.74 Å². The maximum Gasteiger partial charge on any atom is 0.287 e. The Labute approximate surface area is 139 Å². The number of ether oxygens (including phenoxy) is 1. The largest absolute Gasteiger partial charge is 0.483 e. The molecule has 0 amide bonds. The average molecular weight is 347 g/mol. The fourth-order valence-electron chi connectivity index (χ4n) is 1.73. The summed E-state index contributed by atoms with van der Waals surface area (Å²) in [6.07, 6.45) is 1.16. The van der Waals surface area contributed by atoms with Gasteiger partial charge in [-0.3, -0.25) is 15.2 Å². The zero-order valence-corrected chi connectivity index (χ0v) is 12.9. The summed E-state index contributed by atoms with van der Waals surface area (Å²) in [5, 5.41) is 18.1. The van der Waals surface area contributed by atoms with Gasteiger partial charge in [0, 0.05) is 6.07 Å². The molecule has 0 unspecified atom stereocenters. The van der Waals surface area contributed by atoms with Gasteiger partial charge in [-0.2, -0.15) is 0 Å². The normalized spacial score (nSPS) is 10.5. The lowest BCUT2D eigenvalue weighted by Crippen LogP contribution is -1.99. The van der Waals surface area contributed by atoms with Crippen LogP contribution in [0.2, 0.25) is 0 Å². The van der Waals surface area contributed by atoms with Gasteiger partial charge in [0.25, 0.3) is 5.69 Å². The van der Waals surface area contributed by atoms with Crippen LogP contribution in [-0.4, -0.2) is 25.1 Å². The zero-order chi connectivity index (χ0) is 16.9. The van der Waals surface area contributed by atoms with Crippen molar-refractivity contribution >= 4 is 17.4 Å². The lowest BCUT2D eigenvalue weighted by atomic mass is 10.3. The van der Waals surface area contributed by atoms with Gasteiger partial charge in [0.05, 0.1) is 4.92 Å². The van der Waals surface area contributed by atoms with E-state index < -0.39 is 10.7 Å². The first kappa shape index (κ1) is 15.9. The van der Waals surface area contributed by atoms with Crippen LogP contribution < -0.4 is 4.74 Å². The highest BCUT2D eigenvalue weighted by molar-refractivity contribution is 7.99. The minimum Gasteiger partial charge on any atom is -0.483 e. The molecule has 1 aromatic carbocycles. The summed E-state index contributed by atoms with van der Waals surface area (Å²) in [5.41, 5.74) is -0.0895. The lowest BCUT2D eigenvalue weighted by molar-refractivity contribution is -0.385. The molecule has 0 saturated heterocycles. The Balaban J connectivity index is 1.61. The van der Waals surface area contributed by atoms with Crippen LogP contribution in [0.15, 0.2) is 52.8 Å². The van der Waals surface area contributed by atoms with Crippen molar-refractivity contribution in [2.24, 2.45) is 0 Å². The smallest absolute Gasteiger partial charge is 0.287 e. The van der Waals surface area contributed by atoms with E-state index in [-0.39, 0.29) is 18.0 Å². The van der Waals surface area contributed by atoms with Gasteiger partial charge in [-0.15, -0.1) is 5.10 Å². The molecule has 2 aromatic heterocycles. The monoisotopic (exact) mass is 347 g/mol. The highest BCUT2D eigenvalue weighted by Crippen LogP contribution is 2.24. The van der Waals surface area contributed by atoms with Crippen molar-refractivity contribution in [3.05, 3.63) is 64.4 Å². The average Bonchev–Trinajstić information content (AvgIpc) is 3.02. The Bertz CT molecular complexity index is 856. The number of pyridine rings is 1. The van der Waals surface area contributed by atoms with E-state index in [1.54, 1.807) is 12.1 Å². The number of nitrogens with zero attached hydrogens (tertiary/aromatic N) is 4. The second kappa shape index (κ2) is 7.04. The van der Waals surface area contributed by atoms with Crippen LogP contribution in [0.3, 0.4) is 0 Å². The summed E-state index contributed by atoms with van der Waals surface area (Å²) >= 11 is 1.14. The number of hydrogen-bond donors (Lipinski definition) is 1. The molecule has 0 aliphatic carbocycles. The van der Waals surface area contributed by atoms with Gasteiger partial charge in [-0.05, 0) is 30.0 Å². The fourth-order valence-corrected chi connectivity index (χ4v) is 2.41. The SMILES string of the molecule is O=[N+]([O-])c1ccc(Sc2n[nH]c(COc3ccccc3F)n2)nc1. The Hall–Kier alpha value is -3.01. The van der Waals surface area contributed by atoms with E-state index in [0.29, 0.717) is 16.0 Å². The van der Waals surface area contributed by atoms with Gasteiger partial charge in [0.1, 0.15) is 17.8 Å². The van der Waals surface area contributed by atoms with Crippen molar-refractivity contribution in [3.8, 4) is 5.75 Å². The molecule has 0 aliphatic heterocycles. The molecular weight excluding hydrogens is 337 g/mol. The van der Waals surface area contributed by atoms with E-state index in [9.17, 15) is 14.5 Å². The van der Waals surface area contributed by atoms with E-state index in [1.807, 2.05) is 0 Å². The van der Waals surface area contributed by atoms with Crippen LogP contribution >= 0.6 is 11.8 Å². The van der Waals surface area contributed by atoms with Crippen LogP contribution in [0.4, 0.5) is 10.1 Å². The van der Waals surface area contributed by atoms with E-state index in [2.05, 4.69) is 20.2 Å². The predicted molar refractivity (Wildman–Crippen MR) is 82.1 cm³/mol. The number of aromatic amines is 1. The molecule has 10 heteroatoms. The van der Waals surface area contributed by atoms with Crippen molar-refractivity contribution in [1.29, 1.82) is 0 Å². The number of nitrogens with one attached hydrogen (secondary N) is 1. The van der Waals surface area contributed by atoms with Crippen LogP contribution in [0, 0.1) is 15.9 Å². The number of H-pyrrole nitrogens is 1. The Morgan fingerprint density at radius 1 is 1.29 bits per heavy atom. The number of para-hydroxylation sites is 1. The molecule has 0 atom stereocenters. The summed E-state index contributed by atoms with van der Waals surface area (Å²) < 4.78 is 18.8. The van der Waals surface area contributed by atoms with Crippen molar-refractivity contribution in [2.75, 3.05) is 0 Å². The summed E-state index contributed by atoms with van der Waals surface area (Å²) in [4.78, 5) is 18.2. The Kier molecular flexibility index (Phi) is 4.66. The van der Waals surface area contributed by atoms with Gasteiger partial charge in [0.2, 0.25) is 5.16 Å². The molecule has 2 heterocycles. The molecule has 3 aromatic rings. The number of nitro groups is 1. The number of halogens is 1. The van der Waals surface area contributed by atoms with Gasteiger partial charge in [-0.25, -0.2) is 14.4 Å². The first-order chi connectivity index (χ1) is 11.6. The zero-order valence-electron chi connectivity index (χ0n) is 12.0. The van der Waals surface area contributed by atoms with Gasteiger partial charge in [0.15, 0.2) is 17.4 Å². The Morgan fingerprint density at radius 3 is 2.83 bits per heavy atom. The van der Waals surface area contributed by atoms with Crippen LogP contribution in [0.1, 0.15) is 5.82 Å². The van der Waals surface area contributed by atoms with Crippen molar-refractivity contribution in [2.45, 2.75) is 16.8 Å². The number of aromatic nitrogens is 4. The molecule has 0 fully saturated rings. The first-order valence-corrected chi connectivity index (χ1v) is 7.50. The predicted octanol–water partition coefficient (Wildman–Crippen LogP) is 2.98. The lowest BCUT2D eigenvalue weighted by Gasteiger charge is -2.03. The van der Waals surface area contributed by atoms with E-state index in [0.717, 1.165) is 18.0 Å². The molecule has 0 spiro atoms. The molecule has 0 aliphatic rings. The highest BCUT2D eigenvalue weighted by Gasteiger charge is 2.10. The van der Waals surface area contributed by atoms with Gasteiger partial charge in [-0.1, -0.05) is 12.1 Å². The highest BCUT2D eigenvalue weighted by atomic mass is 32.2. The van der Waals surface area contributed by atoms with Crippen molar-refractivity contribution in [1.82, 2.24) is 20.2 Å². The molecule has 0 bridgehead atoms. The summed E-state index contributed by atoms with van der Waals surface area (Å²) in [6.45, 7) is 0.0299. The minimum atomic E-state index is -0.521. The minimum absolute atomic E-state index is 0.0299. The maximum absolute atomic E-state index is 13.4. The topological polar surface area (TPSA) is 107 Å². The molecular formula is C14H10FN5O3S. The molecule has 122 valence electrons. The molecule has 8 nitrogen and oxygen atoms in total. The van der Waals surface area contributed by atoms with E-state index in [4.69, 9.17) is 4.74 Å². The van der Waals surface area contributed by atoms with Crippen molar-refractivity contribution < 1.29 is 14.1 Å². The third-order valence-electron chi connectivity index (χ3n) is 2.84. The molecule has 0 saturated carbocycles.